The molecule has 1 heterocycles. The standard InChI is InChI=1S/C8H12F2N4/c1-11-7-3-12-4-8(13-7)14(2)5-6(9)10/h3-4,6H,5H2,1-2H3,(H,11,13). The van der Waals surface area contributed by atoms with Gasteiger partial charge in [-0.05, 0) is 0 Å². The highest BCUT2D eigenvalue weighted by atomic mass is 19.3. The molecule has 1 N–H and O–H groups in total. The number of rotatable bonds is 4. The first-order valence-electron chi connectivity index (χ1n) is 4.12. The fourth-order valence-electron chi connectivity index (χ4n) is 0.961. The summed E-state index contributed by atoms with van der Waals surface area (Å²) in [4.78, 5) is 9.30. The summed E-state index contributed by atoms with van der Waals surface area (Å²) in [6.45, 7) is -0.345. The Morgan fingerprint density at radius 2 is 2.21 bits per heavy atom. The molecule has 0 spiro atoms. The molecule has 14 heavy (non-hydrogen) atoms. The molecule has 0 aliphatic carbocycles. The normalized spacial score (nSPS) is 10.4. The van der Waals surface area contributed by atoms with Crippen molar-refractivity contribution in [1.82, 2.24) is 9.97 Å². The highest BCUT2D eigenvalue weighted by Gasteiger charge is 2.09. The van der Waals surface area contributed by atoms with E-state index in [1.807, 2.05) is 0 Å². The lowest BCUT2D eigenvalue weighted by Gasteiger charge is -2.17. The molecule has 1 rings (SSSR count). The van der Waals surface area contributed by atoms with Gasteiger partial charge in [-0.2, -0.15) is 0 Å². The van der Waals surface area contributed by atoms with Crippen molar-refractivity contribution in [1.29, 1.82) is 0 Å². The average molecular weight is 202 g/mol. The third-order valence-corrected chi connectivity index (χ3v) is 1.68. The van der Waals surface area contributed by atoms with Crippen LogP contribution in [0.5, 0.6) is 0 Å². The third kappa shape index (κ3) is 2.79. The van der Waals surface area contributed by atoms with E-state index in [0.717, 1.165) is 0 Å². The van der Waals surface area contributed by atoms with E-state index < -0.39 is 6.43 Å². The first kappa shape index (κ1) is 10.6. The molecule has 0 bridgehead atoms. The zero-order valence-corrected chi connectivity index (χ0v) is 8.04. The van der Waals surface area contributed by atoms with Crippen molar-refractivity contribution in [2.24, 2.45) is 0 Å². The Morgan fingerprint density at radius 3 is 2.79 bits per heavy atom. The number of hydrogen-bond acceptors (Lipinski definition) is 4. The van der Waals surface area contributed by atoms with Crippen molar-refractivity contribution in [2.75, 3.05) is 30.9 Å². The smallest absolute Gasteiger partial charge is 0.255 e. The Morgan fingerprint density at radius 1 is 1.50 bits per heavy atom. The molecular weight excluding hydrogens is 190 g/mol. The van der Waals surface area contributed by atoms with Crippen molar-refractivity contribution in [3.8, 4) is 0 Å². The zero-order valence-electron chi connectivity index (χ0n) is 8.04. The molecule has 0 aromatic carbocycles. The van der Waals surface area contributed by atoms with Gasteiger partial charge in [-0.3, -0.25) is 4.98 Å². The van der Waals surface area contributed by atoms with Crippen LogP contribution in [0, 0.1) is 0 Å². The van der Waals surface area contributed by atoms with Gasteiger partial charge >= 0.3 is 0 Å². The summed E-state index contributed by atoms with van der Waals surface area (Å²) in [5.74, 6) is 0.987. The summed E-state index contributed by atoms with van der Waals surface area (Å²) in [5.41, 5.74) is 0. The first-order chi connectivity index (χ1) is 6.63. The summed E-state index contributed by atoms with van der Waals surface area (Å²) < 4.78 is 24.1. The summed E-state index contributed by atoms with van der Waals surface area (Å²) in [5, 5.41) is 2.79. The van der Waals surface area contributed by atoms with Crippen LogP contribution in [0.1, 0.15) is 0 Å². The Bertz CT molecular complexity index is 292. The van der Waals surface area contributed by atoms with Crippen molar-refractivity contribution in [3.05, 3.63) is 12.4 Å². The zero-order chi connectivity index (χ0) is 10.6. The van der Waals surface area contributed by atoms with E-state index in [4.69, 9.17) is 0 Å². The topological polar surface area (TPSA) is 41.1 Å². The van der Waals surface area contributed by atoms with E-state index in [1.165, 1.54) is 17.3 Å². The Balaban J connectivity index is 2.73. The van der Waals surface area contributed by atoms with Gasteiger partial charge < -0.3 is 10.2 Å². The van der Waals surface area contributed by atoms with Gasteiger partial charge in [0, 0.05) is 14.1 Å². The average Bonchev–Trinajstić information content (AvgIpc) is 2.17. The van der Waals surface area contributed by atoms with E-state index in [2.05, 4.69) is 15.3 Å². The van der Waals surface area contributed by atoms with Gasteiger partial charge in [0.15, 0.2) is 0 Å². The number of nitrogens with zero attached hydrogens (tertiary/aromatic N) is 3. The van der Waals surface area contributed by atoms with Crippen LogP contribution in [0.4, 0.5) is 20.4 Å². The molecule has 0 atom stereocenters. The first-order valence-corrected chi connectivity index (χ1v) is 4.12. The highest BCUT2D eigenvalue weighted by molar-refractivity contribution is 5.42. The van der Waals surface area contributed by atoms with Gasteiger partial charge in [-0.1, -0.05) is 0 Å². The fraction of sp³-hybridized carbons (Fsp3) is 0.500. The molecule has 0 saturated carbocycles. The van der Waals surface area contributed by atoms with Crippen LogP contribution in [0.2, 0.25) is 0 Å². The molecule has 0 amide bonds. The minimum Gasteiger partial charge on any atom is -0.372 e. The second-order valence-corrected chi connectivity index (χ2v) is 2.78. The van der Waals surface area contributed by atoms with Crippen LogP contribution < -0.4 is 10.2 Å². The number of anilines is 2. The molecule has 1 aromatic rings. The van der Waals surface area contributed by atoms with Gasteiger partial charge in [-0.25, -0.2) is 13.8 Å². The predicted octanol–water partition coefficient (Wildman–Crippen LogP) is 1.22. The number of halogens is 2. The van der Waals surface area contributed by atoms with Crippen LogP contribution in [0.3, 0.4) is 0 Å². The van der Waals surface area contributed by atoms with Gasteiger partial charge in [-0.15, -0.1) is 0 Å². The maximum absolute atomic E-state index is 12.0. The Kier molecular flexibility index (Phi) is 3.55. The highest BCUT2D eigenvalue weighted by Crippen LogP contribution is 2.11. The van der Waals surface area contributed by atoms with Crippen molar-refractivity contribution < 1.29 is 8.78 Å². The molecule has 0 fully saturated rings. The fourth-order valence-corrected chi connectivity index (χ4v) is 0.961. The minimum atomic E-state index is -2.37. The van der Waals surface area contributed by atoms with Crippen LogP contribution in [-0.2, 0) is 0 Å². The van der Waals surface area contributed by atoms with Crippen LogP contribution in [-0.4, -0.2) is 37.0 Å². The minimum absolute atomic E-state index is 0.345. The SMILES string of the molecule is CNc1cncc(N(C)CC(F)F)n1. The molecule has 0 radical (unpaired) electrons. The van der Waals surface area contributed by atoms with Crippen LogP contribution >= 0.6 is 0 Å². The van der Waals surface area contributed by atoms with Crippen LogP contribution in [0.15, 0.2) is 12.4 Å². The molecule has 0 aliphatic rings. The molecule has 6 heteroatoms. The van der Waals surface area contributed by atoms with E-state index >= 15 is 0 Å². The quantitative estimate of drug-likeness (QED) is 0.797. The molecular formula is C8H12F2N4. The Labute approximate surface area is 81.0 Å². The maximum atomic E-state index is 12.0. The van der Waals surface area contributed by atoms with E-state index in [1.54, 1.807) is 14.1 Å². The van der Waals surface area contributed by atoms with Crippen molar-refractivity contribution >= 4 is 11.6 Å². The van der Waals surface area contributed by atoms with Gasteiger partial charge in [0.25, 0.3) is 6.43 Å². The van der Waals surface area contributed by atoms with E-state index in [9.17, 15) is 8.78 Å². The number of alkyl halides is 2. The molecule has 78 valence electrons. The van der Waals surface area contributed by atoms with Gasteiger partial charge in [0.05, 0.1) is 18.9 Å². The second-order valence-electron chi connectivity index (χ2n) is 2.78. The summed E-state index contributed by atoms with van der Waals surface area (Å²) >= 11 is 0. The predicted molar refractivity (Wildman–Crippen MR) is 50.9 cm³/mol. The lowest BCUT2D eigenvalue weighted by molar-refractivity contribution is 0.156. The second kappa shape index (κ2) is 4.69. The lowest BCUT2D eigenvalue weighted by Crippen LogP contribution is -2.25. The van der Waals surface area contributed by atoms with E-state index in [-0.39, 0.29) is 6.54 Å². The number of hydrogen-bond donors (Lipinski definition) is 1. The molecule has 0 aliphatic heterocycles. The summed E-state index contributed by atoms with van der Waals surface area (Å²) in [7, 11) is 3.25. The van der Waals surface area contributed by atoms with E-state index in [0.29, 0.717) is 11.6 Å². The molecule has 0 unspecified atom stereocenters. The molecule has 4 nitrogen and oxygen atoms in total. The van der Waals surface area contributed by atoms with Crippen molar-refractivity contribution in [2.45, 2.75) is 6.43 Å². The third-order valence-electron chi connectivity index (χ3n) is 1.68. The monoisotopic (exact) mass is 202 g/mol. The number of nitrogens with one attached hydrogen (secondary N) is 1. The Hall–Kier alpha value is -1.46. The lowest BCUT2D eigenvalue weighted by atomic mass is 10.5. The van der Waals surface area contributed by atoms with Gasteiger partial charge in [0.2, 0.25) is 0 Å². The molecule has 0 saturated heterocycles. The summed E-state index contributed by atoms with van der Waals surface area (Å²) in [6, 6.07) is 0. The largest absolute Gasteiger partial charge is 0.372 e. The molecule has 1 aromatic heterocycles. The van der Waals surface area contributed by atoms with Crippen molar-refractivity contribution in [3.63, 3.8) is 0 Å². The van der Waals surface area contributed by atoms with Crippen LogP contribution in [0.25, 0.3) is 0 Å². The summed E-state index contributed by atoms with van der Waals surface area (Å²) in [6.07, 6.45) is 0.600. The number of aromatic nitrogens is 2. The maximum Gasteiger partial charge on any atom is 0.255 e. The van der Waals surface area contributed by atoms with Gasteiger partial charge in [0.1, 0.15) is 11.6 Å².